The molecule has 2 rings (SSSR count). The van der Waals surface area contributed by atoms with Crippen molar-refractivity contribution in [2.75, 3.05) is 6.61 Å². The number of hydrogen-bond acceptors (Lipinski definition) is 4. The molecular formula is C18H20N2O4. The van der Waals surface area contributed by atoms with E-state index in [0.29, 0.717) is 11.5 Å². The highest BCUT2D eigenvalue weighted by molar-refractivity contribution is 5.85. The number of nitrogens with one attached hydrogen (secondary N) is 2. The summed E-state index contributed by atoms with van der Waals surface area (Å²) in [6, 6.07) is 16.3. The molecule has 0 saturated carbocycles. The van der Waals surface area contributed by atoms with E-state index < -0.39 is 17.9 Å². The van der Waals surface area contributed by atoms with Gasteiger partial charge in [-0.2, -0.15) is 0 Å². The Kier molecular flexibility index (Phi) is 6.19. The maximum Gasteiger partial charge on any atom is 0.279 e. The van der Waals surface area contributed by atoms with E-state index in [-0.39, 0.29) is 6.61 Å². The summed E-state index contributed by atoms with van der Waals surface area (Å²) in [5, 5.41) is 0. The van der Waals surface area contributed by atoms with E-state index in [4.69, 9.17) is 9.47 Å². The van der Waals surface area contributed by atoms with E-state index in [1.165, 1.54) is 0 Å². The Morgan fingerprint density at radius 2 is 1.67 bits per heavy atom. The number of para-hydroxylation sites is 2. The molecule has 24 heavy (non-hydrogen) atoms. The van der Waals surface area contributed by atoms with E-state index in [9.17, 15) is 9.59 Å². The van der Waals surface area contributed by atoms with Crippen LogP contribution in [0.1, 0.15) is 12.5 Å². The van der Waals surface area contributed by atoms with Crippen molar-refractivity contribution in [3.8, 4) is 11.5 Å². The summed E-state index contributed by atoms with van der Waals surface area (Å²) in [5.41, 5.74) is 5.54. The van der Waals surface area contributed by atoms with Crippen LogP contribution in [0, 0.1) is 6.92 Å². The lowest BCUT2D eigenvalue weighted by Crippen LogP contribution is -2.48. The molecule has 0 heterocycles. The van der Waals surface area contributed by atoms with Crippen molar-refractivity contribution in [2.24, 2.45) is 0 Å². The fourth-order valence-corrected chi connectivity index (χ4v) is 1.89. The van der Waals surface area contributed by atoms with Gasteiger partial charge in [-0.25, -0.2) is 0 Å². The van der Waals surface area contributed by atoms with Crippen molar-refractivity contribution in [1.29, 1.82) is 0 Å². The second-order valence-electron chi connectivity index (χ2n) is 5.16. The fraction of sp³-hybridized carbons (Fsp3) is 0.222. The maximum absolute atomic E-state index is 11.9. The molecule has 0 bridgehead atoms. The Labute approximate surface area is 140 Å². The molecule has 0 radical (unpaired) electrons. The van der Waals surface area contributed by atoms with Crippen LogP contribution >= 0.6 is 0 Å². The SMILES string of the molecule is Cc1ccccc1OCC(=O)NNC(=O)C(C)Oc1ccccc1. The van der Waals surface area contributed by atoms with Crippen LogP contribution in [0.2, 0.25) is 0 Å². The van der Waals surface area contributed by atoms with Crippen LogP contribution in [0.3, 0.4) is 0 Å². The number of aryl methyl sites for hydroxylation is 1. The number of hydrogen-bond donors (Lipinski definition) is 2. The molecular weight excluding hydrogens is 308 g/mol. The molecule has 0 aliphatic carbocycles. The zero-order valence-corrected chi connectivity index (χ0v) is 13.6. The van der Waals surface area contributed by atoms with E-state index in [0.717, 1.165) is 5.56 Å². The second kappa shape index (κ2) is 8.57. The van der Waals surface area contributed by atoms with Gasteiger partial charge in [0.2, 0.25) is 0 Å². The standard InChI is InChI=1S/C18H20N2O4/c1-13-8-6-7-11-16(13)23-12-17(21)19-20-18(22)14(2)24-15-9-4-3-5-10-15/h3-11,14H,12H2,1-2H3,(H,19,21)(H,20,22). The minimum absolute atomic E-state index is 0.195. The normalized spacial score (nSPS) is 11.2. The summed E-state index contributed by atoms with van der Waals surface area (Å²) in [7, 11) is 0. The largest absolute Gasteiger partial charge is 0.483 e. The molecule has 6 nitrogen and oxygen atoms in total. The van der Waals surface area contributed by atoms with E-state index >= 15 is 0 Å². The zero-order chi connectivity index (χ0) is 17.4. The Morgan fingerprint density at radius 1 is 1.00 bits per heavy atom. The molecule has 1 unspecified atom stereocenters. The van der Waals surface area contributed by atoms with Gasteiger partial charge in [0.25, 0.3) is 11.8 Å². The van der Waals surface area contributed by atoms with E-state index in [1.807, 2.05) is 43.3 Å². The smallest absolute Gasteiger partial charge is 0.279 e. The summed E-state index contributed by atoms with van der Waals surface area (Å²) in [6.45, 7) is 3.29. The van der Waals surface area contributed by atoms with Gasteiger partial charge in [0, 0.05) is 0 Å². The van der Waals surface area contributed by atoms with Crippen LogP contribution in [0.15, 0.2) is 54.6 Å². The van der Waals surface area contributed by atoms with Crippen LogP contribution in [0.25, 0.3) is 0 Å². The summed E-state index contributed by atoms with van der Waals surface area (Å²) < 4.78 is 10.9. The van der Waals surface area contributed by atoms with Gasteiger partial charge in [0.05, 0.1) is 0 Å². The van der Waals surface area contributed by atoms with Crippen LogP contribution in [-0.4, -0.2) is 24.5 Å². The first-order chi connectivity index (χ1) is 11.6. The quantitative estimate of drug-likeness (QED) is 0.795. The van der Waals surface area contributed by atoms with Gasteiger partial charge in [-0.15, -0.1) is 0 Å². The molecule has 0 aliphatic heterocycles. The highest BCUT2D eigenvalue weighted by Crippen LogP contribution is 2.15. The van der Waals surface area contributed by atoms with Crippen molar-refractivity contribution in [3.05, 3.63) is 60.2 Å². The molecule has 2 aromatic rings. The number of carbonyl (C=O) groups is 2. The third kappa shape index (κ3) is 5.31. The fourth-order valence-electron chi connectivity index (χ4n) is 1.89. The Morgan fingerprint density at radius 3 is 2.38 bits per heavy atom. The van der Waals surface area contributed by atoms with Gasteiger partial charge in [-0.3, -0.25) is 20.4 Å². The third-order valence-electron chi connectivity index (χ3n) is 3.20. The lowest BCUT2D eigenvalue weighted by molar-refractivity contribution is -0.133. The maximum atomic E-state index is 11.9. The molecule has 2 aromatic carbocycles. The molecule has 0 aliphatic rings. The zero-order valence-electron chi connectivity index (χ0n) is 13.6. The van der Waals surface area contributed by atoms with Crippen molar-refractivity contribution in [2.45, 2.75) is 20.0 Å². The van der Waals surface area contributed by atoms with Crippen molar-refractivity contribution in [3.63, 3.8) is 0 Å². The molecule has 126 valence electrons. The highest BCUT2D eigenvalue weighted by atomic mass is 16.5. The van der Waals surface area contributed by atoms with Crippen LogP contribution in [-0.2, 0) is 9.59 Å². The van der Waals surface area contributed by atoms with Gasteiger partial charge in [-0.1, -0.05) is 36.4 Å². The van der Waals surface area contributed by atoms with Gasteiger partial charge in [-0.05, 0) is 37.6 Å². The Bertz CT molecular complexity index is 688. The molecule has 0 saturated heterocycles. The van der Waals surface area contributed by atoms with Crippen LogP contribution in [0.5, 0.6) is 11.5 Å². The first kappa shape index (κ1) is 17.3. The number of carbonyl (C=O) groups excluding carboxylic acids is 2. The highest BCUT2D eigenvalue weighted by Gasteiger charge is 2.15. The van der Waals surface area contributed by atoms with E-state index in [1.54, 1.807) is 25.1 Å². The number of amides is 2. The Hall–Kier alpha value is -3.02. The molecule has 1 atom stereocenters. The van der Waals surface area contributed by atoms with Gasteiger partial charge >= 0.3 is 0 Å². The van der Waals surface area contributed by atoms with Crippen LogP contribution < -0.4 is 20.3 Å². The number of rotatable bonds is 6. The monoisotopic (exact) mass is 328 g/mol. The third-order valence-corrected chi connectivity index (χ3v) is 3.20. The number of hydrazine groups is 1. The van der Waals surface area contributed by atoms with Crippen molar-refractivity contribution in [1.82, 2.24) is 10.9 Å². The molecule has 0 fully saturated rings. The lowest BCUT2D eigenvalue weighted by atomic mass is 10.2. The predicted molar refractivity (Wildman–Crippen MR) is 89.5 cm³/mol. The number of benzene rings is 2. The molecule has 0 spiro atoms. The average molecular weight is 328 g/mol. The van der Waals surface area contributed by atoms with Crippen molar-refractivity contribution < 1.29 is 19.1 Å². The van der Waals surface area contributed by atoms with E-state index in [2.05, 4.69) is 10.9 Å². The summed E-state index contributed by atoms with van der Waals surface area (Å²) in [5.74, 6) is 0.288. The average Bonchev–Trinajstić information content (AvgIpc) is 2.59. The minimum atomic E-state index is -0.745. The first-order valence-corrected chi connectivity index (χ1v) is 7.55. The molecule has 6 heteroatoms. The minimum Gasteiger partial charge on any atom is -0.483 e. The summed E-state index contributed by atoms with van der Waals surface area (Å²) >= 11 is 0. The number of ether oxygens (including phenoxy) is 2. The van der Waals surface area contributed by atoms with Crippen molar-refractivity contribution >= 4 is 11.8 Å². The van der Waals surface area contributed by atoms with Gasteiger partial charge in [0.1, 0.15) is 11.5 Å². The first-order valence-electron chi connectivity index (χ1n) is 7.55. The molecule has 2 N–H and O–H groups in total. The Balaban J connectivity index is 1.73. The molecule has 0 aromatic heterocycles. The summed E-state index contributed by atoms with van der Waals surface area (Å²) in [4.78, 5) is 23.6. The van der Waals surface area contributed by atoms with Crippen LogP contribution in [0.4, 0.5) is 0 Å². The lowest BCUT2D eigenvalue weighted by Gasteiger charge is -2.15. The second-order valence-corrected chi connectivity index (χ2v) is 5.16. The topological polar surface area (TPSA) is 76.7 Å². The predicted octanol–water partition coefficient (Wildman–Crippen LogP) is 1.99. The molecule has 2 amide bonds. The van der Waals surface area contributed by atoms with Gasteiger partial charge < -0.3 is 9.47 Å². The van der Waals surface area contributed by atoms with Gasteiger partial charge in [0.15, 0.2) is 12.7 Å². The summed E-state index contributed by atoms with van der Waals surface area (Å²) in [6.07, 6.45) is -0.745.